The summed E-state index contributed by atoms with van der Waals surface area (Å²) in [7, 11) is 0. The number of nitrogens with zero attached hydrogens (tertiary/aromatic N) is 1. The van der Waals surface area contributed by atoms with E-state index in [0.717, 1.165) is 25.8 Å². The van der Waals surface area contributed by atoms with E-state index in [1.165, 1.54) is 0 Å². The molecule has 0 heterocycles. The lowest BCUT2D eigenvalue weighted by Crippen LogP contribution is -2.34. The van der Waals surface area contributed by atoms with Crippen LogP contribution in [0.5, 0.6) is 0 Å². The molecular formula is C13H23NO3. The molecule has 1 N–H and O–H groups in total. The minimum atomic E-state index is -0.821. The van der Waals surface area contributed by atoms with E-state index >= 15 is 0 Å². The molecule has 1 saturated carbocycles. The number of hydrogen-bond acceptors (Lipinski definition) is 2. The third-order valence-corrected chi connectivity index (χ3v) is 3.04. The van der Waals surface area contributed by atoms with Gasteiger partial charge in [-0.1, -0.05) is 13.8 Å². The van der Waals surface area contributed by atoms with Crippen molar-refractivity contribution in [1.82, 2.24) is 4.90 Å². The zero-order valence-corrected chi connectivity index (χ0v) is 10.8. The van der Waals surface area contributed by atoms with Gasteiger partial charge in [-0.3, -0.25) is 9.59 Å². The van der Waals surface area contributed by atoms with Crippen LogP contribution in [0.4, 0.5) is 0 Å². The largest absolute Gasteiger partial charge is 0.481 e. The molecule has 0 aliphatic heterocycles. The first-order valence-electron chi connectivity index (χ1n) is 6.52. The number of rotatable bonds is 8. The van der Waals surface area contributed by atoms with Crippen molar-refractivity contribution in [3.05, 3.63) is 0 Å². The van der Waals surface area contributed by atoms with E-state index in [1.54, 1.807) is 0 Å². The van der Waals surface area contributed by atoms with Gasteiger partial charge in [0, 0.05) is 25.4 Å². The van der Waals surface area contributed by atoms with Crippen molar-refractivity contribution in [3.63, 3.8) is 0 Å². The molecule has 0 spiro atoms. The molecule has 1 aliphatic carbocycles. The molecule has 1 rings (SSSR count). The van der Waals surface area contributed by atoms with Gasteiger partial charge in [0.05, 0.1) is 0 Å². The van der Waals surface area contributed by atoms with E-state index in [1.807, 2.05) is 4.90 Å². The Hall–Kier alpha value is -1.06. The Morgan fingerprint density at radius 2 is 1.94 bits per heavy atom. The third-order valence-electron chi connectivity index (χ3n) is 3.04. The maximum atomic E-state index is 12.0. The minimum absolute atomic E-state index is 0.0917. The third kappa shape index (κ3) is 5.71. The van der Waals surface area contributed by atoms with Gasteiger partial charge < -0.3 is 10.0 Å². The quantitative estimate of drug-likeness (QED) is 0.709. The Kier molecular flexibility index (Phi) is 5.45. The van der Waals surface area contributed by atoms with Crippen molar-refractivity contribution in [1.29, 1.82) is 0 Å². The predicted molar refractivity (Wildman–Crippen MR) is 65.7 cm³/mol. The molecule has 1 fully saturated rings. The van der Waals surface area contributed by atoms with E-state index in [-0.39, 0.29) is 12.3 Å². The van der Waals surface area contributed by atoms with Crippen LogP contribution in [0.25, 0.3) is 0 Å². The molecule has 0 atom stereocenters. The molecular weight excluding hydrogens is 218 g/mol. The van der Waals surface area contributed by atoms with Crippen LogP contribution in [0.1, 0.15) is 52.4 Å². The van der Waals surface area contributed by atoms with Gasteiger partial charge in [0.15, 0.2) is 0 Å². The Morgan fingerprint density at radius 3 is 2.41 bits per heavy atom. The van der Waals surface area contributed by atoms with Crippen molar-refractivity contribution >= 4 is 11.9 Å². The summed E-state index contributed by atoms with van der Waals surface area (Å²) in [5.41, 5.74) is 0. The topological polar surface area (TPSA) is 57.6 Å². The van der Waals surface area contributed by atoms with Gasteiger partial charge in [0.25, 0.3) is 0 Å². The highest BCUT2D eigenvalue weighted by Gasteiger charge is 2.31. The van der Waals surface area contributed by atoms with Gasteiger partial charge in [0.2, 0.25) is 5.91 Å². The van der Waals surface area contributed by atoms with E-state index in [9.17, 15) is 9.59 Å². The van der Waals surface area contributed by atoms with E-state index < -0.39 is 5.97 Å². The summed E-state index contributed by atoms with van der Waals surface area (Å²) in [5, 5.41) is 8.54. The Morgan fingerprint density at radius 1 is 1.29 bits per heavy atom. The Labute approximate surface area is 103 Å². The fourth-order valence-corrected chi connectivity index (χ4v) is 1.83. The maximum Gasteiger partial charge on any atom is 0.303 e. The SMILES string of the molecule is CC(C)CCN(C(=O)CCCC(=O)O)C1CC1. The molecule has 0 aromatic carbocycles. The first kappa shape index (κ1) is 14.0. The molecule has 4 heteroatoms. The molecule has 0 unspecified atom stereocenters. The minimum Gasteiger partial charge on any atom is -0.481 e. The van der Waals surface area contributed by atoms with E-state index in [4.69, 9.17) is 5.11 Å². The van der Waals surface area contributed by atoms with Crippen LogP contribution in [0.2, 0.25) is 0 Å². The molecule has 1 aliphatic rings. The summed E-state index contributed by atoms with van der Waals surface area (Å²) in [4.78, 5) is 24.3. The smallest absolute Gasteiger partial charge is 0.303 e. The number of carbonyl (C=O) groups is 2. The summed E-state index contributed by atoms with van der Waals surface area (Å²) in [5.74, 6) is -0.0876. The lowest BCUT2D eigenvalue weighted by Gasteiger charge is -2.23. The number of amides is 1. The van der Waals surface area contributed by atoms with Crippen molar-refractivity contribution in [2.24, 2.45) is 5.92 Å². The van der Waals surface area contributed by atoms with E-state index in [2.05, 4.69) is 13.8 Å². The van der Waals surface area contributed by atoms with Crippen LogP contribution in [0.3, 0.4) is 0 Å². The summed E-state index contributed by atoms with van der Waals surface area (Å²) >= 11 is 0. The summed E-state index contributed by atoms with van der Waals surface area (Å²) in [6.07, 6.45) is 4.18. The molecule has 0 bridgehead atoms. The molecule has 17 heavy (non-hydrogen) atoms. The standard InChI is InChI=1S/C13H23NO3/c1-10(2)8-9-14(11-6-7-11)12(15)4-3-5-13(16)17/h10-11H,3-9H2,1-2H3,(H,16,17). The second kappa shape index (κ2) is 6.62. The van der Waals surface area contributed by atoms with Crippen LogP contribution in [0.15, 0.2) is 0 Å². The number of carbonyl (C=O) groups excluding carboxylic acids is 1. The zero-order valence-electron chi connectivity index (χ0n) is 10.8. The second-order valence-corrected chi connectivity index (χ2v) is 5.25. The summed E-state index contributed by atoms with van der Waals surface area (Å²) in [6.45, 7) is 5.13. The van der Waals surface area contributed by atoms with Gasteiger partial charge in [-0.25, -0.2) is 0 Å². The summed E-state index contributed by atoms with van der Waals surface area (Å²) in [6, 6.07) is 0.436. The summed E-state index contributed by atoms with van der Waals surface area (Å²) < 4.78 is 0. The predicted octanol–water partition coefficient (Wildman–Crippen LogP) is 2.28. The van der Waals surface area contributed by atoms with Gasteiger partial charge in [-0.2, -0.15) is 0 Å². The van der Waals surface area contributed by atoms with Crippen LogP contribution >= 0.6 is 0 Å². The lowest BCUT2D eigenvalue weighted by atomic mass is 10.1. The van der Waals surface area contributed by atoms with Crippen LogP contribution < -0.4 is 0 Å². The van der Waals surface area contributed by atoms with Gasteiger partial charge in [-0.05, 0) is 31.6 Å². The molecule has 0 aromatic rings. The number of aliphatic carboxylic acids is 1. The first-order chi connectivity index (χ1) is 8.00. The van der Waals surface area contributed by atoms with Crippen LogP contribution in [0, 0.1) is 5.92 Å². The average Bonchev–Trinajstić information content (AvgIpc) is 3.01. The number of carboxylic acids is 1. The van der Waals surface area contributed by atoms with Crippen molar-refractivity contribution < 1.29 is 14.7 Å². The Balaban J connectivity index is 2.30. The molecule has 4 nitrogen and oxygen atoms in total. The van der Waals surface area contributed by atoms with Crippen molar-refractivity contribution in [2.75, 3.05) is 6.54 Å². The van der Waals surface area contributed by atoms with Crippen LogP contribution in [-0.4, -0.2) is 34.5 Å². The van der Waals surface area contributed by atoms with Crippen LogP contribution in [-0.2, 0) is 9.59 Å². The van der Waals surface area contributed by atoms with Crippen molar-refractivity contribution in [2.45, 2.75) is 58.4 Å². The van der Waals surface area contributed by atoms with Gasteiger partial charge in [-0.15, -0.1) is 0 Å². The van der Waals surface area contributed by atoms with E-state index in [0.29, 0.717) is 24.8 Å². The van der Waals surface area contributed by atoms with Crippen molar-refractivity contribution in [3.8, 4) is 0 Å². The molecule has 0 saturated heterocycles. The molecule has 98 valence electrons. The fourth-order valence-electron chi connectivity index (χ4n) is 1.83. The molecule has 0 radical (unpaired) electrons. The lowest BCUT2D eigenvalue weighted by molar-refractivity contribution is -0.137. The normalized spacial score (nSPS) is 15.0. The van der Waals surface area contributed by atoms with Gasteiger partial charge >= 0.3 is 5.97 Å². The Bertz CT molecular complexity index is 272. The number of hydrogen-bond donors (Lipinski definition) is 1. The number of carboxylic acid groups (broad SMARTS) is 1. The highest BCUT2D eigenvalue weighted by Crippen LogP contribution is 2.28. The highest BCUT2D eigenvalue weighted by molar-refractivity contribution is 5.77. The first-order valence-corrected chi connectivity index (χ1v) is 6.52. The monoisotopic (exact) mass is 241 g/mol. The average molecular weight is 241 g/mol. The molecule has 0 aromatic heterocycles. The maximum absolute atomic E-state index is 12.0. The molecule has 1 amide bonds. The zero-order chi connectivity index (χ0) is 12.8. The fraction of sp³-hybridized carbons (Fsp3) is 0.846. The van der Waals surface area contributed by atoms with Gasteiger partial charge in [0.1, 0.15) is 0 Å². The second-order valence-electron chi connectivity index (χ2n) is 5.25. The highest BCUT2D eigenvalue weighted by atomic mass is 16.4.